The van der Waals surface area contributed by atoms with Crippen molar-refractivity contribution in [3.8, 4) is 21.1 Å². The number of thiazole rings is 1. The van der Waals surface area contributed by atoms with Crippen LogP contribution in [0.3, 0.4) is 0 Å². The molecule has 0 bridgehead atoms. The Morgan fingerprint density at radius 3 is 2.67 bits per heavy atom. The fourth-order valence-corrected chi connectivity index (χ4v) is 3.77. The average Bonchev–Trinajstić information content (AvgIpc) is 2.93. The molecule has 0 saturated carbocycles. The SMILES string of the molecule is CNCc1nc(-c2ncccc2Br)sc1-c1ccccc1. The van der Waals surface area contributed by atoms with E-state index in [9.17, 15) is 0 Å². The summed E-state index contributed by atoms with van der Waals surface area (Å²) < 4.78 is 0.967. The Morgan fingerprint density at radius 1 is 1.14 bits per heavy atom. The summed E-state index contributed by atoms with van der Waals surface area (Å²) >= 11 is 5.23. The first-order chi connectivity index (χ1) is 10.3. The highest BCUT2D eigenvalue weighted by atomic mass is 79.9. The second-order valence-electron chi connectivity index (χ2n) is 4.53. The van der Waals surface area contributed by atoms with E-state index in [4.69, 9.17) is 4.98 Å². The summed E-state index contributed by atoms with van der Waals surface area (Å²) in [6.07, 6.45) is 1.79. The number of hydrogen-bond acceptors (Lipinski definition) is 4. The minimum absolute atomic E-state index is 0.741. The topological polar surface area (TPSA) is 37.8 Å². The summed E-state index contributed by atoms with van der Waals surface area (Å²) in [5, 5.41) is 4.12. The van der Waals surface area contributed by atoms with Gasteiger partial charge in [0.05, 0.1) is 10.6 Å². The summed E-state index contributed by atoms with van der Waals surface area (Å²) in [7, 11) is 1.93. The van der Waals surface area contributed by atoms with E-state index in [-0.39, 0.29) is 0 Å². The van der Waals surface area contributed by atoms with Crippen LogP contribution in [-0.4, -0.2) is 17.0 Å². The van der Waals surface area contributed by atoms with Gasteiger partial charge in [-0.15, -0.1) is 11.3 Å². The number of halogens is 1. The minimum Gasteiger partial charge on any atom is -0.314 e. The van der Waals surface area contributed by atoms with Gasteiger partial charge in [-0.25, -0.2) is 4.98 Å². The van der Waals surface area contributed by atoms with E-state index < -0.39 is 0 Å². The number of rotatable bonds is 4. The molecule has 3 aromatic rings. The third-order valence-corrected chi connectivity index (χ3v) is 4.83. The van der Waals surface area contributed by atoms with Gasteiger partial charge in [0.25, 0.3) is 0 Å². The van der Waals surface area contributed by atoms with Crippen LogP contribution >= 0.6 is 27.3 Å². The number of benzene rings is 1. The normalized spacial score (nSPS) is 10.8. The molecule has 3 rings (SSSR count). The number of aromatic nitrogens is 2. The van der Waals surface area contributed by atoms with Crippen LogP contribution < -0.4 is 5.32 Å². The van der Waals surface area contributed by atoms with Crippen LogP contribution in [0.15, 0.2) is 53.1 Å². The van der Waals surface area contributed by atoms with Gasteiger partial charge < -0.3 is 5.32 Å². The van der Waals surface area contributed by atoms with Crippen LogP contribution in [0.4, 0.5) is 0 Å². The van der Waals surface area contributed by atoms with E-state index >= 15 is 0 Å². The Kier molecular flexibility index (Phi) is 4.43. The van der Waals surface area contributed by atoms with E-state index in [2.05, 4.69) is 50.5 Å². The maximum atomic E-state index is 4.77. The predicted octanol–water partition coefficient (Wildman–Crippen LogP) is 4.35. The molecule has 0 atom stereocenters. The molecule has 21 heavy (non-hydrogen) atoms. The molecule has 1 aromatic carbocycles. The van der Waals surface area contributed by atoms with Crippen molar-refractivity contribution >= 4 is 27.3 Å². The van der Waals surface area contributed by atoms with Crippen LogP contribution in [0, 0.1) is 0 Å². The van der Waals surface area contributed by atoms with Crippen LogP contribution in [0.2, 0.25) is 0 Å². The lowest BCUT2D eigenvalue weighted by molar-refractivity contribution is 0.799. The van der Waals surface area contributed by atoms with Crippen LogP contribution in [0.5, 0.6) is 0 Å². The highest BCUT2D eigenvalue weighted by Crippen LogP contribution is 2.36. The van der Waals surface area contributed by atoms with Crippen molar-refractivity contribution in [2.75, 3.05) is 7.05 Å². The van der Waals surface area contributed by atoms with Gasteiger partial charge in [-0.3, -0.25) is 4.98 Å². The zero-order valence-corrected chi connectivity index (χ0v) is 13.9. The molecule has 0 unspecified atom stereocenters. The molecule has 2 aromatic heterocycles. The van der Waals surface area contributed by atoms with Crippen molar-refractivity contribution in [3.63, 3.8) is 0 Å². The molecule has 0 saturated heterocycles. The second kappa shape index (κ2) is 6.47. The van der Waals surface area contributed by atoms with Crippen LogP contribution in [0.25, 0.3) is 21.1 Å². The van der Waals surface area contributed by atoms with E-state index in [0.717, 1.165) is 27.4 Å². The lowest BCUT2D eigenvalue weighted by atomic mass is 10.1. The van der Waals surface area contributed by atoms with Gasteiger partial charge in [0.2, 0.25) is 0 Å². The first-order valence-electron chi connectivity index (χ1n) is 6.60. The lowest BCUT2D eigenvalue weighted by Gasteiger charge is -2.00. The van der Waals surface area contributed by atoms with Crippen molar-refractivity contribution in [2.24, 2.45) is 0 Å². The number of nitrogens with zero attached hydrogens (tertiary/aromatic N) is 2. The average molecular weight is 360 g/mol. The van der Waals surface area contributed by atoms with Gasteiger partial charge >= 0.3 is 0 Å². The monoisotopic (exact) mass is 359 g/mol. The second-order valence-corrected chi connectivity index (χ2v) is 6.38. The minimum atomic E-state index is 0.741. The van der Waals surface area contributed by atoms with E-state index in [1.54, 1.807) is 17.5 Å². The van der Waals surface area contributed by atoms with Gasteiger partial charge in [-0.2, -0.15) is 0 Å². The summed E-state index contributed by atoms with van der Waals surface area (Å²) in [5.74, 6) is 0. The Balaban J connectivity index is 2.11. The molecule has 0 radical (unpaired) electrons. The highest BCUT2D eigenvalue weighted by Gasteiger charge is 2.15. The standard InChI is InChI=1S/C16H14BrN3S/c1-18-10-13-15(11-6-3-2-4-7-11)21-16(20-13)14-12(17)8-5-9-19-14/h2-9,18H,10H2,1H3. The largest absolute Gasteiger partial charge is 0.314 e. The lowest BCUT2D eigenvalue weighted by Crippen LogP contribution is -2.06. The van der Waals surface area contributed by atoms with Crippen molar-refractivity contribution in [1.82, 2.24) is 15.3 Å². The van der Waals surface area contributed by atoms with E-state index in [1.807, 2.05) is 25.2 Å². The third kappa shape index (κ3) is 3.05. The smallest absolute Gasteiger partial charge is 0.143 e. The molecule has 5 heteroatoms. The van der Waals surface area contributed by atoms with E-state index in [0.29, 0.717) is 0 Å². The van der Waals surface area contributed by atoms with Gasteiger partial charge in [-0.1, -0.05) is 30.3 Å². The fourth-order valence-electron chi connectivity index (χ4n) is 2.10. The maximum Gasteiger partial charge on any atom is 0.143 e. The van der Waals surface area contributed by atoms with Crippen molar-refractivity contribution in [3.05, 3.63) is 58.8 Å². The molecule has 0 fully saturated rings. The van der Waals surface area contributed by atoms with Gasteiger partial charge in [0.15, 0.2) is 0 Å². The van der Waals surface area contributed by atoms with Crippen LogP contribution in [0.1, 0.15) is 5.69 Å². The van der Waals surface area contributed by atoms with Crippen molar-refractivity contribution in [2.45, 2.75) is 6.54 Å². The van der Waals surface area contributed by atoms with Gasteiger partial charge in [0.1, 0.15) is 10.7 Å². The zero-order chi connectivity index (χ0) is 14.7. The summed E-state index contributed by atoms with van der Waals surface area (Å²) in [4.78, 5) is 10.4. The third-order valence-electron chi connectivity index (χ3n) is 3.04. The number of pyridine rings is 1. The molecule has 106 valence electrons. The number of nitrogens with one attached hydrogen (secondary N) is 1. The molecule has 0 spiro atoms. The molecule has 1 N–H and O–H groups in total. The molecule has 0 amide bonds. The molecule has 0 aliphatic carbocycles. The first kappa shape index (κ1) is 14.4. The Labute approximate surface area is 136 Å². The molecular weight excluding hydrogens is 346 g/mol. The molecule has 3 nitrogen and oxygen atoms in total. The van der Waals surface area contributed by atoms with E-state index in [1.165, 1.54) is 10.4 Å². The predicted molar refractivity (Wildman–Crippen MR) is 91.2 cm³/mol. The van der Waals surface area contributed by atoms with Crippen molar-refractivity contribution in [1.29, 1.82) is 0 Å². The zero-order valence-electron chi connectivity index (χ0n) is 11.5. The molecular formula is C16H14BrN3S. The molecule has 2 heterocycles. The fraction of sp³-hybridized carbons (Fsp3) is 0.125. The number of hydrogen-bond donors (Lipinski definition) is 1. The van der Waals surface area contributed by atoms with Gasteiger partial charge in [0, 0.05) is 17.2 Å². The molecule has 0 aliphatic rings. The summed E-state index contributed by atoms with van der Waals surface area (Å²) in [6.45, 7) is 0.741. The summed E-state index contributed by atoms with van der Waals surface area (Å²) in [6, 6.07) is 14.3. The Bertz CT molecular complexity index is 740. The summed E-state index contributed by atoms with van der Waals surface area (Å²) in [5.41, 5.74) is 3.14. The highest BCUT2D eigenvalue weighted by molar-refractivity contribution is 9.10. The van der Waals surface area contributed by atoms with Gasteiger partial charge in [-0.05, 0) is 40.7 Å². The Hall–Kier alpha value is -1.56. The maximum absolute atomic E-state index is 4.77. The van der Waals surface area contributed by atoms with Crippen molar-refractivity contribution < 1.29 is 0 Å². The molecule has 0 aliphatic heterocycles. The van der Waals surface area contributed by atoms with Crippen LogP contribution in [-0.2, 0) is 6.54 Å². The first-order valence-corrected chi connectivity index (χ1v) is 8.21. The quantitative estimate of drug-likeness (QED) is 0.752. The Morgan fingerprint density at radius 2 is 1.95 bits per heavy atom.